The highest BCUT2D eigenvalue weighted by Crippen LogP contribution is 2.16. The van der Waals surface area contributed by atoms with Crippen LogP contribution in [0.3, 0.4) is 0 Å². The molecule has 92 valence electrons. The number of amides is 1. The lowest BCUT2D eigenvalue weighted by Gasteiger charge is -2.17. The second-order valence-corrected chi connectivity index (χ2v) is 4.21. The molecule has 0 heterocycles. The highest BCUT2D eigenvalue weighted by Gasteiger charge is 2.13. The number of carbonyl (C=O) groups excluding carboxylic acids is 1. The topological polar surface area (TPSA) is 29.1 Å². The van der Waals surface area contributed by atoms with Crippen LogP contribution in [0.4, 0.5) is 0 Å². The van der Waals surface area contributed by atoms with Gasteiger partial charge in [-0.05, 0) is 24.1 Å². The third kappa shape index (κ3) is 2.98. The number of carbonyl (C=O) groups is 1. The monoisotopic (exact) mass is 239 g/mol. The van der Waals surface area contributed by atoms with Crippen LogP contribution in [0.2, 0.25) is 0 Å². The maximum atomic E-state index is 12.1. The van der Waals surface area contributed by atoms with Crippen LogP contribution < -0.4 is 5.32 Å². The molecule has 1 atom stereocenters. The first kappa shape index (κ1) is 12.4. The first-order valence-electron chi connectivity index (χ1n) is 6.22. The predicted octanol–water partition coefficient (Wildman–Crippen LogP) is 3.57. The van der Waals surface area contributed by atoms with Gasteiger partial charge in [0.05, 0.1) is 6.04 Å². The maximum absolute atomic E-state index is 12.1. The van der Waals surface area contributed by atoms with Crippen molar-refractivity contribution in [3.63, 3.8) is 0 Å². The molecule has 0 bridgehead atoms. The van der Waals surface area contributed by atoms with Gasteiger partial charge in [-0.2, -0.15) is 0 Å². The molecule has 0 aliphatic heterocycles. The molecule has 2 aromatic rings. The fraction of sp³-hybridized carbons (Fsp3) is 0.188. The highest BCUT2D eigenvalue weighted by atomic mass is 16.1. The van der Waals surface area contributed by atoms with E-state index in [9.17, 15) is 4.79 Å². The van der Waals surface area contributed by atoms with Crippen molar-refractivity contribution in [1.29, 1.82) is 0 Å². The molecule has 18 heavy (non-hydrogen) atoms. The summed E-state index contributed by atoms with van der Waals surface area (Å²) in [7, 11) is 0. The number of hydrogen-bond acceptors (Lipinski definition) is 1. The minimum atomic E-state index is -0.0219. The zero-order valence-electron chi connectivity index (χ0n) is 10.5. The van der Waals surface area contributed by atoms with Gasteiger partial charge < -0.3 is 5.32 Å². The Kier molecular flexibility index (Phi) is 4.13. The first-order chi connectivity index (χ1) is 8.81. The average Bonchev–Trinajstić information content (AvgIpc) is 2.46. The molecule has 0 radical (unpaired) electrons. The van der Waals surface area contributed by atoms with E-state index < -0.39 is 0 Å². The normalized spacial score (nSPS) is 11.8. The smallest absolute Gasteiger partial charge is 0.251 e. The van der Waals surface area contributed by atoms with Crippen LogP contribution in [-0.4, -0.2) is 5.91 Å². The van der Waals surface area contributed by atoms with Crippen LogP contribution in [0.25, 0.3) is 0 Å². The molecule has 1 amide bonds. The van der Waals surface area contributed by atoms with E-state index in [1.807, 2.05) is 60.7 Å². The van der Waals surface area contributed by atoms with Gasteiger partial charge in [-0.25, -0.2) is 0 Å². The van der Waals surface area contributed by atoms with E-state index in [-0.39, 0.29) is 11.9 Å². The summed E-state index contributed by atoms with van der Waals surface area (Å²) in [5.41, 5.74) is 1.84. The van der Waals surface area contributed by atoms with E-state index in [2.05, 4.69) is 12.2 Å². The molecule has 0 saturated heterocycles. The van der Waals surface area contributed by atoms with Gasteiger partial charge in [0.1, 0.15) is 0 Å². The van der Waals surface area contributed by atoms with Gasteiger partial charge in [0.25, 0.3) is 5.91 Å². The molecule has 2 nitrogen and oxygen atoms in total. The van der Waals surface area contributed by atoms with Gasteiger partial charge in [-0.15, -0.1) is 0 Å². The molecule has 2 aromatic carbocycles. The van der Waals surface area contributed by atoms with E-state index in [1.165, 1.54) is 0 Å². The van der Waals surface area contributed by atoms with Gasteiger partial charge in [0, 0.05) is 5.56 Å². The fourth-order valence-corrected chi connectivity index (χ4v) is 1.94. The average molecular weight is 239 g/mol. The van der Waals surface area contributed by atoms with Crippen molar-refractivity contribution in [2.24, 2.45) is 0 Å². The molecular weight excluding hydrogens is 222 g/mol. The highest BCUT2D eigenvalue weighted by molar-refractivity contribution is 5.94. The van der Waals surface area contributed by atoms with Crippen molar-refractivity contribution in [2.75, 3.05) is 0 Å². The van der Waals surface area contributed by atoms with E-state index in [4.69, 9.17) is 0 Å². The lowest BCUT2D eigenvalue weighted by atomic mass is 10.0. The van der Waals surface area contributed by atoms with Gasteiger partial charge >= 0.3 is 0 Å². The Balaban J connectivity index is 2.10. The van der Waals surface area contributed by atoms with E-state index >= 15 is 0 Å². The third-order valence-electron chi connectivity index (χ3n) is 2.95. The van der Waals surface area contributed by atoms with E-state index in [0.717, 1.165) is 12.0 Å². The van der Waals surface area contributed by atoms with Crippen LogP contribution in [0.1, 0.15) is 35.3 Å². The second kappa shape index (κ2) is 6.01. The molecular formula is C16H17NO. The molecule has 0 spiro atoms. The van der Waals surface area contributed by atoms with Crippen molar-refractivity contribution >= 4 is 5.91 Å². The number of nitrogens with one attached hydrogen (secondary N) is 1. The Morgan fingerprint density at radius 2 is 1.56 bits per heavy atom. The summed E-state index contributed by atoms with van der Waals surface area (Å²) < 4.78 is 0. The lowest BCUT2D eigenvalue weighted by molar-refractivity contribution is 0.0935. The molecule has 0 saturated carbocycles. The van der Waals surface area contributed by atoms with Crippen LogP contribution in [0, 0.1) is 0 Å². The molecule has 0 unspecified atom stereocenters. The van der Waals surface area contributed by atoms with Crippen LogP contribution in [-0.2, 0) is 0 Å². The third-order valence-corrected chi connectivity index (χ3v) is 2.95. The minimum Gasteiger partial charge on any atom is -0.345 e. The zero-order chi connectivity index (χ0) is 12.8. The molecule has 0 aliphatic carbocycles. The van der Waals surface area contributed by atoms with Crippen LogP contribution in [0.5, 0.6) is 0 Å². The maximum Gasteiger partial charge on any atom is 0.251 e. The Labute approximate surface area is 108 Å². The molecule has 2 rings (SSSR count). The fourth-order valence-electron chi connectivity index (χ4n) is 1.94. The zero-order valence-corrected chi connectivity index (χ0v) is 10.5. The molecule has 2 heteroatoms. The van der Waals surface area contributed by atoms with Crippen molar-refractivity contribution in [1.82, 2.24) is 5.32 Å². The minimum absolute atomic E-state index is 0.0219. The SMILES string of the molecule is CC[C@@H](NC(=O)c1ccccc1)c1ccccc1. The summed E-state index contributed by atoms with van der Waals surface area (Å²) in [5, 5.41) is 3.06. The van der Waals surface area contributed by atoms with Gasteiger partial charge in [-0.3, -0.25) is 4.79 Å². The van der Waals surface area contributed by atoms with Crippen molar-refractivity contribution < 1.29 is 4.79 Å². The summed E-state index contributed by atoms with van der Waals surface area (Å²) in [5.74, 6) is -0.0219. The first-order valence-corrected chi connectivity index (χ1v) is 6.22. The summed E-state index contributed by atoms with van der Waals surface area (Å²) in [4.78, 5) is 12.1. The lowest BCUT2D eigenvalue weighted by Crippen LogP contribution is -2.28. The van der Waals surface area contributed by atoms with Gasteiger partial charge in [-0.1, -0.05) is 55.5 Å². The number of rotatable bonds is 4. The molecule has 0 aromatic heterocycles. The van der Waals surface area contributed by atoms with Gasteiger partial charge in [0.15, 0.2) is 0 Å². The second-order valence-electron chi connectivity index (χ2n) is 4.21. The van der Waals surface area contributed by atoms with E-state index in [1.54, 1.807) is 0 Å². The summed E-state index contributed by atoms with van der Waals surface area (Å²) >= 11 is 0. The predicted molar refractivity (Wildman–Crippen MR) is 73.4 cm³/mol. The quantitative estimate of drug-likeness (QED) is 0.868. The standard InChI is InChI=1S/C16H17NO/c1-2-15(13-9-5-3-6-10-13)17-16(18)14-11-7-4-8-12-14/h3-12,15H,2H2,1H3,(H,17,18)/t15-/m1/s1. The van der Waals surface area contributed by atoms with Crippen molar-refractivity contribution in [2.45, 2.75) is 19.4 Å². The molecule has 0 aliphatic rings. The van der Waals surface area contributed by atoms with Gasteiger partial charge in [0.2, 0.25) is 0 Å². The Bertz CT molecular complexity index is 493. The molecule has 1 N–H and O–H groups in total. The summed E-state index contributed by atoms with van der Waals surface area (Å²) in [6, 6.07) is 19.4. The van der Waals surface area contributed by atoms with Crippen LogP contribution in [0.15, 0.2) is 60.7 Å². The Hall–Kier alpha value is -2.09. The van der Waals surface area contributed by atoms with Crippen molar-refractivity contribution in [3.05, 3.63) is 71.8 Å². The summed E-state index contributed by atoms with van der Waals surface area (Å²) in [6.45, 7) is 2.07. The largest absolute Gasteiger partial charge is 0.345 e. The Morgan fingerprint density at radius 1 is 1.00 bits per heavy atom. The van der Waals surface area contributed by atoms with Crippen LogP contribution >= 0.6 is 0 Å². The van der Waals surface area contributed by atoms with Crippen molar-refractivity contribution in [3.8, 4) is 0 Å². The Morgan fingerprint density at radius 3 is 2.11 bits per heavy atom. The van der Waals surface area contributed by atoms with E-state index in [0.29, 0.717) is 5.56 Å². The summed E-state index contributed by atoms with van der Waals surface area (Å²) in [6.07, 6.45) is 0.878. The molecule has 0 fully saturated rings. The number of hydrogen-bond donors (Lipinski definition) is 1. The number of benzene rings is 2.